The Bertz CT molecular complexity index is 623. The number of amides is 1. The second-order valence-electron chi connectivity index (χ2n) is 4.29. The van der Waals surface area contributed by atoms with Crippen LogP contribution in [0.25, 0.3) is 10.4 Å². The molecule has 1 atom stereocenters. The SMILES string of the molecule is N#CSc1ccc(N2CC(CN=[N+]=[N-])CC2=O)c(Br)c1. The molecule has 20 heavy (non-hydrogen) atoms. The van der Waals surface area contributed by atoms with E-state index in [9.17, 15) is 4.79 Å². The highest BCUT2D eigenvalue weighted by Gasteiger charge is 2.31. The molecular weight excluding hydrogens is 342 g/mol. The van der Waals surface area contributed by atoms with Crippen molar-refractivity contribution < 1.29 is 4.79 Å². The van der Waals surface area contributed by atoms with E-state index >= 15 is 0 Å². The number of hydrogen-bond donors (Lipinski definition) is 0. The highest BCUT2D eigenvalue weighted by atomic mass is 79.9. The third kappa shape index (κ3) is 3.25. The lowest BCUT2D eigenvalue weighted by Crippen LogP contribution is -2.25. The molecule has 0 spiro atoms. The van der Waals surface area contributed by atoms with Crippen LogP contribution in [0.2, 0.25) is 0 Å². The summed E-state index contributed by atoms with van der Waals surface area (Å²) in [5.74, 6) is 0.0722. The third-order valence-electron chi connectivity index (χ3n) is 2.98. The van der Waals surface area contributed by atoms with Crippen LogP contribution >= 0.6 is 27.7 Å². The lowest BCUT2D eigenvalue weighted by atomic mass is 10.1. The number of anilines is 1. The maximum absolute atomic E-state index is 12.0. The first-order chi connectivity index (χ1) is 9.65. The van der Waals surface area contributed by atoms with Gasteiger partial charge in [-0.25, -0.2) is 0 Å². The van der Waals surface area contributed by atoms with Gasteiger partial charge in [-0.3, -0.25) is 4.79 Å². The number of thioether (sulfide) groups is 1. The van der Waals surface area contributed by atoms with Crippen molar-refractivity contribution >= 4 is 39.3 Å². The minimum Gasteiger partial charge on any atom is -0.311 e. The Morgan fingerprint density at radius 2 is 2.45 bits per heavy atom. The lowest BCUT2D eigenvalue weighted by molar-refractivity contribution is -0.117. The van der Waals surface area contributed by atoms with E-state index < -0.39 is 0 Å². The fraction of sp³-hybridized carbons (Fsp3) is 0.333. The molecule has 0 radical (unpaired) electrons. The molecule has 1 aromatic rings. The van der Waals surface area contributed by atoms with Crippen LogP contribution in [0.5, 0.6) is 0 Å². The van der Waals surface area contributed by atoms with E-state index in [4.69, 9.17) is 10.8 Å². The number of azide groups is 1. The molecule has 6 nitrogen and oxygen atoms in total. The van der Waals surface area contributed by atoms with Gasteiger partial charge < -0.3 is 4.90 Å². The first-order valence-corrected chi connectivity index (χ1v) is 7.43. The van der Waals surface area contributed by atoms with Crippen molar-refractivity contribution in [1.29, 1.82) is 5.26 Å². The van der Waals surface area contributed by atoms with E-state index in [1.807, 2.05) is 23.6 Å². The van der Waals surface area contributed by atoms with Crippen molar-refractivity contribution in [2.24, 2.45) is 11.0 Å². The number of nitrogens with zero attached hydrogens (tertiary/aromatic N) is 5. The number of benzene rings is 1. The van der Waals surface area contributed by atoms with Crippen LogP contribution in [-0.4, -0.2) is 19.0 Å². The minimum atomic E-state index is 0.0181. The van der Waals surface area contributed by atoms with Crippen molar-refractivity contribution in [3.8, 4) is 5.40 Å². The zero-order chi connectivity index (χ0) is 14.5. The van der Waals surface area contributed by atoms with E-state index in [0.29, 0.717) is 19.5 Å². The topological polar surface area (TPSA) is 92.9 Å². The summed E-state index contributed by atoms with van der Waals surface area (Å²) in [5, 5.41) is 14.2. The maximum Gasteiger partial charge on any atom is 0.227 e. The predicted octanol–water partition coefficient (Wildman–Crippen LogP) is 3.69. The number of hydrogen-bond acceptors (Lipinski definition) is 4. The first kappa shape index (κ1) is 14.7. The molecule has 0 aliphatic carbocycles. The Balaban J connectivity index is 2.18. The molecule has 1 aromatic carbocycles. The average Bonchev–Trinajstić information content (AvgIpc) is 2.78. The van der Waals surface area contributed by atoms with Gasteiger partial charge in [0.25, 0.3) is 0 Å². The Morgan fingerprint density at radius 3 is 3.10 bits per heavy atom. The summed E-state index contributed by atoms with van der Waals surface area (Å²) < 4.78 is 0.774. The predicted molar refractivity (Wildman–Crippen MR) is 80.1 cm³/mol. The van der Waals surface area contributed by atoms with Crippen LogP contribution in [0.1, 0.15) is 6.42 Å². The van der Waals surface area contributed by atoms with Crippen molar-refractivity contribution in [3.05, 3.63) is 33.1 Å². The van der Waals surface area contributed by atoms with Gasteiger partial charge >= 0.3 is 0 Å². The highest BCUT2D eigenvalue weighted by Crippen LogP contribution is 2.34. The average molecular weight is 352 g/mol. The van der Waals surface area contributed by atoms with Crippen LogP contribution in [0.4, 0.5) is 5.69 Å². The molecule has 0 saturated carbocycles. The Morgan fingerprint density at radius 1 is 1.65 bits per heavy atom. The summed E-state index contributed by atoms with van der Waals surface area (Å²) in [6.07, 6.45) is 0.389. The minimum absolute atomic E-state index is 0.0181. The molecule has 1 aliphatic rings. The summed E-state index contributed by atoms with van der Waals surface area (Å²) >= 11 is 4.50. The lowest BCUT2D eigenvalue weighted by Gasteiger charge is -2.18. The van der Waals surface area contributed by atoms with Crippen LogP contribution in [0.15, 0.2) is 32.7 Å². The second-order valence-corrected chi connectivity index (χ2v) is 6.01. The summed E-state index contributed by atoms with van der Waals surface area (Å²) in [5.41, 5.74) is 9.10. The van der Waals surface area contributed by atoms with Gasteiger partial charge in [0.05, 0.1) is 5.69 Å². The molecule has 1 saturated heterocycles. The molecule has 1 amide bonds. The summed E-state index contributed by atoms with van der Waals surface area (Å²) in [7, 11) is 0. The third-order valence-corrected chi connectivity index (χ3v) is 4.20. The van der Waals surface area contributed by atoms with Gasteiger partial charge in [-0.15, -0.1) is 0 Å². The molecule has 2 rings (SSSR count). The van der Waals surface area contributed by atoms with Crippen molar-refractivity contribution in [2.75, 3.05) is 18.0 Å². The van der Waals surface area contributed by atoms with Gasteiger partial charge in [0.1, 0.15) is 5.40 Å². The van der Waals surface area contributed by atoms with E-state index in [0.717, 1.165) is 26.8 Å². The Hall–Kier alpha value is -1.68. The number of halogens is 1. The molecule has 1 aliphatic heterocycles. The monoisotopic (exact) mass is 351 g/mol. The number of carbonyl (C=O) groups excluding carboxylic acids is 1. The summed E-state index contributed by atoms with van der Waals surface area (Å²) in [6, 6.07) is 5.44. The van der Waals surface area contributed by atoms with E-state index in [1.165, 1.54) is 0 Å². The van der Waals surface area contributed by atoms with Gasteiger partial charge in [-0.05, 0) is 57.3 Å². The molecule has 0 aromatic heterocycles. The van der Waals surface area contributed by atoms with Gasteiger partial charge in [-0.1, -0.05) is 5.11 Å². The molecule has 0 N–H and O–H groups in total. The fourth-order valence-electron chi connectivity index (χ4n) is 2.11. The number of thiocyanates is 1. The smallest absolute Gasteiger partial charge is 0.227 e. The van der Waals surface area contributed by atoms with Crippen LogP contribution in [0.3, 0.4) is 0 Å². The van der Waals surface area contributed by atoms with Crippen molar-refractivity contribution in [1.82, 2.24) is 0 Å². The summed E-state index contributed by atoms with van der Waals surface area (Å²) in [6.45, 7) is 0.875. The Kier molecular flexibility index (Phi) is 4.90. The quantitative estimate of drug-likeness (QED) is 0.272. The molecule has 102 valence electrons. The van der Waals surface area contributed by atoms with Gasteiger partial charge in [0.15, 0.2) is 0 Å². The number of carbonyl (C=O) groups is 1. The summed E-state index contributed by atoms with van der Waals surface area (Å²) in [4.78, 5) is 17.3. The van der Waals surface area contributed by atoms with Gasteiger partial charge in [0, 0.05) is 33.8 Å². The zero-order valence-corrected chi connectivity index (χ0v) is 12.8. The van der Waals surface area contributed by atoms with Crippen LogP contribution in [0, 0.1) is 16.6 Å². The van der Waals surface area contributed by atoms with Crippen molar-refractivity contribution in [2.45, 2.75) is 11.3 Å². The van der Waals surface area contributed by atoms with Gasteiger partial charge in [-0.2, -0.15) is 5.26 Å². The zero-order valence-electron chi connectivity index (χ0n) is 10.4. The van der Waals surface area contributed by atoms with Crippen LogP contribution < -0.4 is 4.90 Å². The number of rotatable bonds is 4. The molecule has 0 bridgehead atoms. The van der Waals surface area contributed by atoms with Gasteiger partial charge in [0.2, 0.25) is 5.91 Å². The maximum atomic E-state index is 12.0. The standard InChI is InChI=1S/C12H10BrN5OS/c13-10-4-9(20-7-14)1-2-11(10)18-6-8(3-12(18)19)5-16-17-15/h1-2,4,8H,3,5-6H2. The molecule has 1 heterocycles. The second kappa shape index (κ2) is 6.66. The molecule has 1 unspecified atom stereocenters. The largest absolute Gasteiger partial charge is 0.311 e. The number of nitriles is 1. The Labute approximate surface area is 128 Å². The molecular formula is C12H10BrN5OS. The van der Waals surface area contributed by atoms with E-state index in [2.05, 4.69) is 26.0 Å². The normalized spacial score (nSPS) is 17.7. The molecule has 1 fully saturated rings. The van der Waals surface area contributed by atoms with Crippen molar-refractivity contribution in [3.63, 3.8) is 0 Å². The molecule has 8 heteroatoms. The highest BCUT2D eigenvalue weighted by molar-refractivity contribution is 9.10. The van der Waals surface area contributed by atoms with E-state index in [-0.39, 0.29) is 11.8 Å². The fourth-order valence-corrected chi connectivity index (χ4v) is 3.27. The van der Waals surface area contributed by atoms with Crippen LogP contribution in [-0.2, 0) is 4.79 Å². The van der Waals surface area contributed by atoms with E-state index in [1.54, 1.807) is 4.90 Å². The first-order valence-electron chi connectivity index (χ1n) is 5.82.